The van der Waals surface area contributed by atoms with Crippen LogP contribution < -0.4 is 5.32 Å². The maximum Gasteiger partial charge on any atom is 0.234 e. The smallest absolute Gasteiger partial charge is 0.234 e. The van der Waals surface area contributed by atoms with E-state index in [0.29, 0.717) is 5.75 Å². The molecule has 0 saturated heterocycles. The van der Waals surface area contributed by atoms with Crippen LogP contribution in [0.2, 0.25) is 0 Å². The molecule has 4 nitrogen and oxygen atoms in total. The number of hydrogen-bond donors (Lipinski definition) is 1. The molecule has 1 N–H and O–H groups in total. The maximum atomic E-state index is 12.3. The molecule has 0 aliphatic heterocycles. The number of anilines is 1. The first kappa shape index (κ1) is 18.3. The highest BCUT2D eigenvalue weighted by Gasteiger charge is 2.12. The normalized spacial score (nSPS) is 10.7. The van der Waals surface area contributed by atoms with Gasteiger partial charge in [0.15, 0.2) is 0 Å². The molecule has 0 aliphatic rings. The van der Waals surface area contributed by atoms with Gasteiger partial charge in [-0.3, -0.25) is 4.79 Å². The molecule has 0 spiro atoms. The summed E-state index contributed by atoms with van der Waals surface area (Å²) in [6, 6.07) is 18.1. The summed E-state index contributed by atoms with van der Waals surface area (Å²) in [4.78, 5) is 16.8. The topological polar surface area (TPSA) is 46.9 Å². The molecule has 3 aromatic rings. The van der Waals surface area contributed by atoms with E-state index in [4.69, 9.17) is 0 Å². The summed E-state index contributed by atoms with van der Waals surface area (Å²) < 4.78 is 2.18. The molecule has 0 unspecified atom stereocenters. The van der Waals surface area contributed by atoms with E-state index in [1.54, 1.807) is 0 Å². The van der Waals surface area contributed by atoms with Gasteiger partial charge >= 0.3 is 0 Å². The lowest BCUT2D eigenvalue weighted by Gasteiger charge is -2.10. The van der Waals surface area contributed by atoms with Crippen molar-refractivity contribution in [2.24, 2.45) is 0 Å². The SMILES string of the molecule is CCn1c(SCC(=O)Nc2ccccc2C)cnc1Cc1ccccc1. The second-order valence-electron chi connectivity index (χ2n) is 6.07. The van der Waals surface area contributed by atoms with Crippen molar-refractivity contribution in [3.05, 3.63) is 77.7 Å². The highest BCUT2D eigenvalue weighted by molar-refractivity contribution is 7.99. The molecule has 0 atom stereocenters. The average Bonchev–Trinajstić information content (AvgIpc) is 3.04. The highest BCUT2D eigenvalue weighted by atomic mass is 32.2. The summed E-state index contributed by atoms with van der Waals surface area (Å²) in [5.74, 6) is 1.39. The zero-order valence-corrected chi connectivity index (χ0v) is 15.9. The Labute approximate surface area is 158 Å². The molecule has 134 valence electrons. The van der Waals surface area contributed by atoms with Crippen molar-refractivity contribution >= 4 is 23.4 Å². The first-order valence-corrected chi connectivity index (χ1v) is 9.72. The van der Waals surface area contributed by atoms with Crippen molar-refractivity contribution in [2.45, 2.75) is 31.8 Å². The summed E-state index contributed by atoms with van der Waals surface area (Å²) >= 11 is 1.52. The van der Waals surface area contributed by atoms with Crippen LogP contribution in [0.3, 0.4) is 0 Å². The molecule has 1 aromatic heterocycles. The molecular weight excluding hydrogens is 342 g/mol. The van der Waals surface area contributed by atoms with Gasteiger partial charge < -0.3 is 9.88 Å². The first-order valence-electron chi connectivity index (χ1n) is 8.74. The van der Waals surface area contributed by atoms with E-state index in [0.717, 1.165) is 35.1 Å². The molecule has 2 aromatic carbocycles. The summed E-state index contributed by atoms with van der Waals surface area (Å²) in [6.45, 7) is 4.93. The van der Waals surface area contributed by atoms with Crippen LogP contribution in [0.4, 0.5) is 5.69 Å². The van der Waals surface area contributed by atoms with E-state index >= 15 is 0 Å². The number of thioether (sulfide) groups is 1. The van der Waals surface area contributed by atoms with E-state index in [1.165, 1.54) is 17.3 Å². The van der Waals surface area contributed by atoms with Crippen LogP contribution in [0.5, 0.6) is 0 Å². The second kappa shape index (κ2) is 8.72. The molecular formula is C21H23N3OS. The number of imidazole rings is 1. The van der Waals surface area contributed by atoms with Gasteiger partial charge in [-0.05, 0) is 31.0 Å². The molecule has 0 saturated carbocycles. The fraction of sp³-hybridized carbons (Fsp3) is 0.238. The van der Waals surface area contributed by atoms with Gasteiger partial charge in [-0.1, -0.05) is 60.3 Å². The lowest BCUT2D eigenvalue weighted by Crippen LogP contribution is -2.15. The molecule has 5 heteroatoms. The number of rotatable bonds is 7. The number of hydrogen-bond acceptors (Lipinski definition) is 3. The predicted molar refractivity (Wildman–Crippen MR) is 108 cm³/mol. The number of carbonyl (C=O) groups is 1. The summed E-state index contributed by atoms with van der Waals surface area (Å²) in [7, 11) is 0. The Morgan fingerprint density at radius 2 is 1.85 bits per heavy atom. The quantitative estimate of drug-likeness (QED) is 0.626. The standard InChI is InChI=1S/C21H23N3OS/c1-3-24-19(13-17-10-5-4-6-11-17)22-14-21(24)26-15-20(25)23-18-12-8-7-9-16(18)2/h4-12,14H,3,13,15H2,1-2H3,(H,23,25). The lowest BCUT2D eigenvalue weighted by atomic mass is 10.1. The van der Waals surface area contributed by atoms with E-state index in [9.17, 15) is 4.79 Å². The molecule has 0 fully saturated rings. The number of amides is 1. The number of carbonyl (C=O) groups excluding carboxylic acids is 1. The molecule has 3 rings (SSSR count). The van der Waals surface area contributed by atoms with Crippen LogP contribution in [0.15, 0.2) is 65.8 Å². The van der Waals surface area contributed by atoms with Crippen LogP contribution in [0.1, 0.15) is 23.9 Å². The molecule has 1 amide bonds. The van der Waals surface area contributed by atoms with Crippen molar-refractivity contribution < 1.29 is 4.79 Å². The van der Waals surface area contributed by atoms with Gasteiger partial charge in [0.1, 0.15) is 5.82 Å². The summed E-state index contributed by atoms with van der Waals surface area (Å²) in [6.07, 6.45) is 2.66. The van der Waals surface area contributed by atoms with Gasteiger partial charge in [0, 0.05) is 18.7 Å². The number of para-hydroxylation sites is 1. The minimum absolute atomic E-state index is 0.00207. The van der Waals surface area contributed by atoms with E-state index in [1.807, 2.05) is 55.6 Å². The average molecular weight is 366 g/mol. The largest absolute Gasteiger partial charge is 0.325 e. The van der Waals surface area contributed by atoms with Crippen molar-refractivity contribution in [1.82, 2.24) is 9.55 Å². The van der Waals surface area contributed by atoms with Crippen LogP contribution in [0, 0.1) is 6.92 Å². The Kier molecular flexibility index (Phi) is 6.12. The number of aryl methyl sites for hydroxylation is 1. The third-order valence-corrected chi connectivity index (χ3v) is 5.22. The first-order chi connectivity index (χ1) is 12.7. The minimum Gasteiger partial charge on any atom is -0.325 e. The second-order valence-corrected chi connectivity index (χ2v) is 7.07. The Morgan fingerprint density at radius 3 is 2.58 bits per heavy atom. The molecule has 26 heavy (non-hydrogen) atoms. The van der Waals surface area contributed by atoms with E-state index in [2.05, 4.69) is 33.9 Å². The number of nitrogens with one attached hydrogen (secondary N) is 1. The highest BCUT2D eigenvalue weighted by Crippen LogP contribution is 2.22. The van der Waals surface area contributed by atoms with Gasteiger partial charge in [0.25, 0.3) is 0 Å². The number of aromatic nitrogens is 2. The van der Waals surface area contributed by atoms with Crippen molar-refractivity contribution in [3.63, 3.8) is 0 Å². The summed E-state index contributed by atoms with van der Waals surface area (Å²) in [5, 5.41) is 4.00. The molecule has 1 heterocycles. The van der Waals surface area contributed by atoms with Crippen LogP contribution in [0.25, 0.3) is 0 Å². The van der Waals surface area contributed by atoms with Crippen molar-refractivity contribution in [2.75, 3.05) is 11.1 Å². The van der Waals surface area contributed by atoms with E-state index in [-0.39, 0.29) is 5.91 Å². The Balaban J connectivity index is 1.63. The molecule has 0 bridgehead atoms. The van der Waals surface area contributed by atoms with Crippen molar-refractivity contribution in [1.29, 1.82) is 0 Å². The van der Waals surface area contributed by atoms with Gasteiger partial charge in [0.2, 0.25) is 5.91 Å². The summed E-state index contributed by atoms with van der Waals surface area (Å²) in [5.41, 5.74) is 3.17. The third kappa shape index (κ3) is 4.55. The van der Waals surface area contributed by atoms with Gasteiger partial charge in [-0.2, -0.15) is 0 Å². The zero-order chi connectivity index (χ0) is 18.4. The van der Waals surface area contributed by atoms with Crippen LogP contribution >= 0.6 is 11.8 Å². The van der Waals surface area contributed by atoms with Gasteiger partial charge in [-0.25, -0.2) is 4.98 Å². The maximum absolute atomic E-state index is 12.3. The predicted octanol–water partition coefficient (Wildman–Crippen LogP) is 4.53. The Hall–Kier alpha value is -2.53. The van der Waals surface area contributed by atoms with E-state index < -0.39 is 0 Å². The van der Waals surface area contributed by atoms with Gasteiger partial charge in [0.05, 0.1) is 17.0 Å². The number of benzene rings is 2. The van der Waals surface area contributed by atoms with Crippen molar-refractivity contribution in [3.8, 4) is 0 Å². The van der Waals surface area contributed by atoms with Gasteiger partial charge in [-0.15, -0.1) is 0 Å². The fourth-order valence-corrected chi connectivity index (χ4v) is 3.68. The fourth-order valence-electron chi connectivity index (χ4n) is 2.81. The Bertz CT molecular complexity index is 874. The number of nitrogens with zero attached hydrogens (tertiary/aromatic N) is 2. The zero-order valence-electron chi connectivity index (χ0n) is 15.1. The Morgan fingerprint density at radius 1 is 1.12 bits per heavy atom. The monoisotopic (exact) mass is 365 g/mol. The minimum atomic E-state index is -0.00207. The molecule has 0 radical (unpaired) electrons. The van der Waals surface area contributed by atoms with Crippen LogP contribution in [-0.4, -0.2) is 21.2 Å². The third-order valence-electron chi connectivity index (χ3n) is 4.19. The lowest BCUT2D eigenvalue weighted by molar-refractivity contribution is -0.113. The molecule has 0 aliphatic carbocycles. The van der Waals surface area contributed by atoms with Crippen LogP contribution in [-0.2, 0) is 17.8 Å².